The SMILES string of the molecule is Cc1nccc(C(=O)NC2CCc3nnc(C)n3C2)n1. The van der Waals surface area contributed by atoms with Gasteiger partial charge in [0.15, 0.2) is 0 Å². The van der Waals surface area contributed by atoms with Gasteiger partial charge in [0, 0.05) is 25.2 Å². The van der Waals surface area contributed by atoms with Crippen LogP contribution in [0, 0.1) is 13.8 Å². The molecule has 0 spiro atoms. The van der Waals surface area contributed by atoms with Crippen molar-refractivity contribution >= 4 is 5.91 Å². The summed E-state index contributed by atoms with van der Waals surface area (Å²) in [4.78, 5) is 20.3. The van der Waals surface area contributed by atoms with Crippen molar-refractivity contribution in [3.63, 3.8) is 0 Å². The average Bonchev–Trinajstić information content (AvgIpc) is 2.80. The summed E-state index contributed by atoms with van der Waals surface area (Å²) in [5.74, 6) is 2.32. The largest absolute Gasteiger partial charge is 0.346 e. The maximum atomic E-state index is 12.2. The fourth-order valence-corrected chi connectivity index (χ4v) is 2.42. The van der Waals surface area contributed by atoms with Crippen molar-refractivity contribution < 1.29 is 4.79 Å². The molecule has 0 saturated heterocycles. The molecule has 3 rings (SSSR count). The Morgan fingerprint density at radius 2 is 2.25 bits per heavy atom. The summed E-state index contributed by atoms with van der Waals surface area (Å²) in [5, 5.41) is 11.2. The highest BCUT2D eigenvalue weighted by Gasteiger charge is 2.23. The molecule has 3 heterocycles. The van der Waals surface area contributed by atoms with Crippen molar-refractivity contribution in [3.8, 4) is 0 Å². The van der Waals surface area contributed by atoms with Gasteiger partial charge in [-0.05, 0) is 26.3 Å². The molecule has 0 radical (unpaired) electrons. The van der Waals surface area contributed by atoms with Gasteiger partial charge in [-0.2, -0.15) is 0 Å². The summed E-state index contributed by atoms with van der Waals surface area (Å²) in [7, 11) is 0. The lowest BCUT2D eigenvalue weighted by Crippen LogP contribution is -2.41. The second-order valence-corrected chi connectivity index (χ2v) is 4.97. The standard InChI is InChI=1S/C13H16N6O/c1-8-14-6-5-11(15-8)13(20)16-10-3-4-12-18-17-9(2)19(12)7-10/h5-6,10H,3-4,7H2,1-2H3,(H,16,20). The summed E-state index contributed by atoms with van der Waals surface area (Å²) >= 11 is 0. The highest BCUT2D eigenvalue weighted by atomic mass is 16.1. The van der Waals surface area contributed by atoms with Crippen LogP contribution in [0.2, 0.25) is 0 Å². The van der Waals surface area contributed by atoms with Crippen LogP contribution in [0.1, 0.15) is 34.4 Å². The lowest BCUT2D eigenvalue weighted by molar-refractivity contribution is 0.0921. The molecule has 0 saturated carbocycles. The van der Waals surface area contributed by atoms with Crippen molar-refractivity contribution in [2.75, 3.05) is 0 Å². The van der Waals surface area contributed by atoms with E-state index in [0.717, 1.165) is 24.5 Å². The zero-order chi connectivity index (χ0) is 14.1. The number of amides is 1. The molecule has 2 aromatic rings. The average molecular weight is 272 g/mol. The van der Waals surface area contributed by atoms with Crippen LogP contribution < -0.4 is 5.32 Å². The van der Waals surface area contributed by atoms with Crippen molar-refractivity contribution in [2.24, 2.45) is 0 Å². The van der Waals surface area contributed by atoms with Crippen LogP contribution in [0.3, 0.4) is 0 Å². The van der Waals surface area contributed by atoms with Crippen LogP contribution in [0.5, 0.6) is 0 Å². The molecular formula is C13H16N6O. The van der Waals surface area contributed by atoms with E-state index < -0.39 is 0 Å². The summed E-state index contributed by atoms with van der Waals surface area (Å²) in [6.07, 6.45) is 3.29. The monoisotopic (exact) mass is 272 g/mol. The molecule has 1 unspecified atom stereocenters. The minimum atomic E-state index is -0.158. The van der Waals surface area contributed by atoms with Gasteiger partial charge < -0.3 is 9.88 Å². The van der Waals surface area contributed by atoms with Gasteiger partial charge in [-0.1, -0.05) is 0 Å². The van der Waals surface area contributed by atoms with Gasteiger partial charge in [-0.25, -0.2) is 9.97 Å². The molecule has 1 N–H and O–H groups in total. The molecule has 104 valence electrons. The molecule has 0 aliphatic carbocycles. The molecule has 7 heteroatoms. The van der Waals surface area contributed by atoms with E-state index in [1.165, 1.54) is 0 Å². The topological polar surface area (TPSA) is 85.6 Å². The molecule has 0 fully saturated rings. The molecule has 1 amide bonds. The van der Waals surface area contributed by atoms with Gasteiger partial charge in [0.05, 0.1) is 0 Å². The van der Waals surface area contributed by atoms with E-state index in [0.29, 0.717) is 18.1 Å². The number of aryl methyl sites for hydroxylation is 3. The molecule has 0 aromatic carbocycles. The third-order valence-electron chi connectivity index (χ3n) is 3.48. The van der Waals surface area contributed by atoms with Gasteiger partial charge >= 0.3 is 0 Å². The Morgan fingerprint density at radius 1 is 1.40 bits per heavy atom. The third-order valence-corrected chi connectivity index (χ3v) is 3.48. The predicted octanol–water partition coefficient (Wildman–Crippen LogP) is 0.430. The molecule has 20 heavy (non-hydrogen) atoms. The van der Waals surface area contributed by atoms with E-state index in [-0.39, 0.29) is 11.9 Å². The first-order chi connectivity index (χ1) is 9.63. The Kier molecular flexibility index (Phi) is 3.17. The molecule has 1 aliphatic heterocycles. The summed E-state index contributed by atoms with van der Waals surface area (Å²) < 4.78 is 2.06. The predicted molar refractivity (Wildman–Crippen MR) is 71.1 cm³/mol. The molecule has 1 aliphatic rings. The molecule has 1 atom stereocenters. The fourth-order valence-electron chi connectivity index (χ4n) is 2.42. The second-order valence-electron chi connectivity index (χ2n) is 4.97. The molecule has 2 aromatic heterocycles. The highest BCUT2D eigenvalue weighted by molar-refractivity contribution is 5.92. The van der Waals surface area contributed by atoms with Gasteiger partial charge in [-0.3, -0.25) is 4.79 Å². The number of aromatic nitrogens is 5. The van der Waals surface area contributed by atoms with E-state index in [4.69, 9.17) is 0 Å². The molecule has 0 bridgehead atoms. The number of hydrogen-bond donors (Lipinski definition) is 1. The fraction of sp³-hybridized carbons (Fsp3) is 0.462. The van der Waals surface area contributed by atoms with Gasteiger partial charge in [0.2, 0.25) is 0 Å². The van der Waals surface area contributed by atoms with Crippen molar-refractivity contribution in [3.05, 3.63) is 35.4 Å². The smallest absolute Gasteiger partial charge is 0.270 e. The lowest BCUT2D eigenvalue weighted by atomic mass is 10.1. The van der Waals surface area contributed by atoms with Crippen LogP contribution in [0.4, 0.5) is 0 Å². The van der Waals surface area contributed by atoms with Gasteiger partial charge in [0.25, 0.3) is 5.91 Å². The maximum absolute atomic E-state index is 12.2. The first-order valence-electron chi connectivity index (χ1n) is 6.62. The third kappa shape index (κ3) is 2.38. The number of carbonyl (C=O) groups excluding carboxylic acids is 1. The summed E-state index contributed by atoms with van der Waals surface area (Å²) in [6.45, 7) is 4.41. The van der Waals surface area contributed by atoms with Crippen LogP contribution in [0.15, 0.2) is 12.3 Å². The van der Waals surface area contributed by atoms with E-state index in [2.05, 4.69) is 30.0 Å². The quantitative estimate of drug-likeness (QED) is 0.856. The summed E-state index contributed by atoms with van der Waals surface area (Å²) in [6, 6.07) is 1.71. The number of fused-ring (bicyclic) bond motifs is 1. The Labute approximate surface area is 116 Å². The first-order valence-corrected chi connectivity index (χ1v) is 6.62. The van der Waals surface area contributed by atoms with Crippen molar-refractivity contribution in [1.82, 2.24) is 30.0 Å². The minimum absolute atomic E-state index is 0.0833. The van der Waals surface area contributed by atoms with Crippen LogP contribution in [-0.4, -0.2) is 36.7 Å². The lowest BCUT2D eigenvalue weighted by Gasteiger charge is -2.24. The van der Waals surface area contributed by atoms with Crippen molar-refractivity contribution in [2.45, 2.75) is 39.3 Å². The number of hydrogen-bond acceptors (Lipinski definition) is 5. The minimum Gasteiger partial charge on any atom is -0.346 e. The Morgan fingerprint density at radius 3 is 3.05 bits per heavy atom. The molecule has 7 nitrogen and oxygen atoms in total. The number of carbonyl (C=O) groups is 1. The van der Waals surface area contributed by atoms with Crippen LogP contribution >= 0.6 is 0 Å². The van der Waals surface area contributed by atoms with E-state index in [1.54, 1.807) is 19.2 Å². The summed E-state index contributed by atoms with van der Waals surface area (Å²) in [5.41, 5.74) is 0.406. The zero-order valence-electron chi connectivity index (χ0n) is 11.5. The molecular weight excluding hydrogens is 256 g/mol. The van der Waals surface area contributed by atoms with Crippen LogP contribution in [0.25, 0.3) is 0 Å². The van der Waals surface area contributed by atoms with Crippen LogP contribution in [-0.2, 0) is 13.0 Å². The van der Waals surface area contributed by atoms with E-state index in [9.17, 15) is 4.79 Å². The Balaban J connectivity index is 1.70. The number of nitrogens with zero attached hydrogens (tertiary/aromatic N) is 5. The maximum Gasteiger partial charge on any atom is 0.270 e. The first kappa shape index (κ1) is 12.7. The Bertz CT molecular complexity index is 650. The van der Waals surface area contributed by atoms with Gasteiger partial charge in [-0.15, -0.1) is 10.2 Å². The Hall–Kier alpha value is -2.31. The van der Waals surface area contributed by atoms with E-state index in [1.807, 2.05) is 6.92 Å². The second kappa shape index (κ2) is 4.99. The highest BCUT2D eigenvalue weighted by Crippen LogP contribution is 2.14. The van der Waals surface area contributed by atoms with E-state index >= 15 is 0 Å². The van der Waals surface area contributed by atoms with Gasteiger partial charge in [0.1, 0.15) is 23.2 Å². The zero-order valence-corrected chi connectivity index (χ0v) is 11.5. The number of rotatable bonds is 2. The number of nitrogens with one attached hydrogen (secondary N) is 1. The van der Waals surface area contributed by atoms with Crippen molar-refractivity contribution in [1.29, 1.82) is 0 Å². The normalized spacial score (nSPS) is 17.6.